The summed E-state index contributed by atoms with van der Waals surface area (Å²) in [5.41, 5.74) is 0. The number of nitrogens with one attached hydrogen (secondary N) is 2. The normalized spacial score (nSPS) is 10.4. The first-order valence-corrected chi connectivity index (χ1v) is 9.73. The van der Waals surface area contributed by atoms with Gasteiger partial charge >= 0.3 is 6.03 Å². The van der Waals surface area contributed by atoms with Gasteiger partial charge in [-0.3, -0.25) is 10.1 Å². The molecule has 4 N–H and O–H groups in total. The van der Waals surface area contributed by atoms with Gasteiger partial charge in [-0.1, -0.05) is 17.8 Å². The van der Waals surface area contributed by atoms with E-state index < -0.39 is 11.9 Å². The fourth-order valence-corrected chi connectivity index (χ4v) is 2.94. The van der Waals surface area contributed by atoms with E-state index in [-0.39, 0.29) is 18.9 Å². The van der Waals surface area contributed by atoms with E-state index in [0.29, 0.717) is 28.2 Å². The summed E-state index contributed by atoms with van der Waals surface area (Å²) >= 11 is 1.04. The molecule has 0 aliphatic carbocycles. The largest absolute Gasteiger partial charge is 0.497 e. The van der Waals surface area contributed by atoms with Gasteiger partial charge in [0.25, 0.3) is 0 Å². The number of nitrogen functional groups attached to an aromatic ring is 1. The number of furan rings is 1. The number of hydrogen-bond acceptors (Lipinski definition) is 9. The van der Waals surface area contributed by atoms with E-state index in [0.717, 1.165) is 11.8 Å². The predicted molar refractivity (Wildman–Crippen MR) is 107 cm³/mol. The topological polar surface area (TPSA) is 147 Å². The number of imide groups is 1. The Hall–Kier alpha value is -3.67. The molecule has 1 aromatic carbocycles. The third-order valence-electron chi connectivity index (χ3n) is 3.73. The Balaban J connectivity index is 1.43. The van der Waals surface area contributed by atoms with E-state index >= 15 is 0 Å². The van der Waals surface area contributed by atoms with Crippen LogP contribution in [0.15, 0.2) is 52.2 Å². The Bertz CT molecular complexity index is 991. The molecule has 0 aliphatic heterocycles. The van der Waals surface area contributed by atoms with Crippen LogP contribution in [0, 0.1) is 0 Å². The summed E-state index contributed by atoms with van der Waals surface area (Å²) in [5.74, 6) is 7.58. The molecule has 3 rings (SSSR count). The second kappa shape index (κ2) is 10.2. The minimum atomic E-state index is -0.626. The van der Waals surface area contributed by atoms with Crippen LogP contribution in [-0.4, -0.2) is 39.7 Å². The third-order valence-corrected chi connectivity index (χ3v) is 4.68. The first-order valence-electron chi connectivity index (χ1n) is 8.74. The average Bonchev–Trinajstić information content (AvgIpc) is 3.39. The van der Waals surface area contributed by atoms with Crippen LogP contribution < -0.4 is 25.9 Å². The van der Waals surface area contributed by atoms with Crippen molar-refractivity contribution >= 4 is 23.7 Å². The summed E-state index contributed by atoms with van der Waals surface area (Å²) in [4.78, 5) is 23.6. The molecule has 3 aromatic rings. The maximum atomic E-state index is 11.9. The molecule has 0 saturated carbocycles. The lowest BCUT2D eigenvalue weighted by Crippen LogP contribution is -2.39. The van der Waals surface area contributed by atoms with Crippen molar-refractivity contribution in [2.45, 2.75) is 18.3 Å². The number of hydrogen-bond donors (Lipinski definition) is 3. The van der Waals surface area contributed by atoms with Crippen molar-refractivity contribution in [3.63, 3.8) is 0 Å². The van der Waals surface area contributed by atoms with Gasteiger partial charge in [-0.15, -0.1) is 10.2 Å². The number of urea groups is 1. The molecule has 0 radical (unpaired) electrons. The molecule has 2 aromatic heterocycles. The molecule has 30 heavy (non-hydrogen) atoms. The predicted octanol–water partition coefficient (Wildman–Crippen LogP) is 1.29. The van der Waals surface area contributed by atoms with Gasteiger partial charge in [-0.25, -0.2) is 9.47 Å². The molecular formula is C18H20N6O5S. The minimum Gasteiger partial charge on any atom is -0.497 e. The van der Waals surface area contributed by atoms with Crippen molar-refractivity contribution in [2.24, 2.45) is 0 Å². The van der Waals surface area contributed by atoms with Crippen LogP contribution in [0.25, 0.3) is 0 Å². The molecule has 0 aliphatic rings. The van der Waals surface area contributed by atoms with Crippen molar-refractivity contribution in [2.75, 3.05) is 18.7 Å². The van der Waals surface area contributed by atoms with E-state index in [1.54, 1.807) is 43.5 Å². The van der Waals surface area contributed by atoms with E-state index in [1.165, 1.54) is 10.9 Å². The average molecular weight is 432 g/mol. The van der Waals surface area contributed by atoms with Gasteiger partial charge in [0.05, 0.1) is 25.7 Å². The van der Waals surface area contributed by atoms with E-state index in [9.17, 15) is 9.59 Å². The number of carbonyl (C=O) groups is 2. The summed E-state index contributed by atoms with van der Waals surface area (Å²) in [6.45, 7) is 0.256. The molecule has 3 amide bonds. The summed E-state index contributed by atoms with van der Waals surface area (Å²) in [6, 6.07) is 9.89. The molecule has 2 heterocycles. The van der Waals surface area contributed by atoms with Crippen molar-refractivity contribution < 1.29 is 23.5 Å². The van der Waals surface area contributed by atoms with E-state index in [2.05, 4.69) is 20.8 Å². The van der Waals surface area contributed by atoms with Crippen LogP contribution >= 0.6 is 11.8 Å². The molecule has 12 heteroatoms. The zero-order valence-electron chi connectivity index (χ0n) is 16.0. The Labute approximate surface area is 175 Å². The zero-order chi connectivity index (χ0) is 21.3. The molecule has 0 spiro atoms. The molecule has 0 atom stereocenters. The quantitative estimate of drug-likeness (QED) is 0.336. The number of aromatic nitrogens is 3. The van der Waals surface area contributed by atoms with Gasteiger partial charge in [0.15, 0.2) is 5.82 Å². The van der Waals surface area contributed by atoms with Gasteiger partial charge < -0.3 is 25.1 Å². The first kappa shape index (κ1) is 21.0. The lowest BCUT2D eigenvalue weighted by atomic mass is 10.3. The van der Waals surface area contributed by atoms with Crippen LogP contribution in [0.5, 0.6) is 11.5 Å². The monoisotopic (exact) mass is 432 g/mol. The zero-order valence-corrected chi connectivity index (χ0v) is 16.8. The Morgan fingerprint density at radius 2 is 2.07 bits per heavy atom. The van der Waals surface area contributed by atoms with Gasteiger partial charge in [0, 0.05) is 6.07 Å². The summed E-state index contributed by atoms with van der Waals surface area (Å²) in [6.07, 6.45) is 1.50. The number of rotatable bonds is 9. The summed E-state index contributed by atoms with van der Waals surface area (Å²) in [5, 5.41) is 12.9. The Morgan fingerprint density at radius 1 is 1.23 bits per heavy atom. The second-order valence-corrected chi connectivity index (χ2v) is 6.78. The lowest BCUT2D eigenvalue weighted by molar-refractivity contribution is -0.117. The second-order valence-electron chi connectivity index (χ2n) is 5.84. The third kappa shape index (κ3) is 5.91. The lowest BCUT2D eigenvalue weighted by Gasteiger charge is -2.08. The van der Waals surface area contributed by atoms with Gasteiger partial charge in [-0.05, 0) is 24.3 Å². The van der Waals surface area contributed by atoms with Crippen LogP contribution in [0.1, 0.15) is 11.6 Å². The van der Waals surface area contributed by atoms with Crippen LogP contribution in [0.4, 0.5) is 4.79 Å². The number of nitrogens with two attached hydrogens (primary N) is 1. The van der Waals surface area contributed by atoms with Crippen molar-refractivity contribution in [1.82, 2.24) is 25.5 Å². The van der Waals surface area contributed by atoms with Gasteiger partial charge in [0.1, 0.15) is 23.9 Å². The smallest absolute Gasteiger partial charge is 0.321 e. The Kier molecular flexibility index (Phi) is 7.16. The molecule has 0 fully saturated rings. The molecule has 0 unspecified atom stereocenters. The highest BCUT2D eigenvalue weighted by molar-refractivity contribution is 7.99. The fourth-order valence-electron chi connectivity index (χ4n) is 2.26. The van der Waals surface area contributed by atoms with Crippen LogP contribution in [0.2, 0.25) is 0 Å². The van der Waals surface area contributed by atoms with Gasteiger partial charge in [0.2, 0.25) is 11.1 Å². The summed E-state index contributed by atoms with van der Waals surface area (Å²) in [7, 11) is 1.57. The number of methoxy groups -OCH3 is 1. The highest BCUT2D eigenvalue weighted by Gasteiger charge is 2.14. The van der Waals surface area contributed by atoms with Crippen molar-refractivity contribution in [3.8, 4) is 11.5 Å². The first-order chi connectivity index (χ1) is 14.5. The maximum Gasteiger partial charge on any atom is 0.321 e. The van der Waals surface area contributed by atoms with Gasteiger partial charge in [-0.2, -0.15) is 0 Å². The molecule has 0 bridgehead atoms. The molecule has 0 saturated heterocycles. The van der Waals surface area contributed by atoms with E-state index in [4.69, 9.17) is 19.7 Å². The highest BCUT2D eigenvalue weighted by Crippen LogP contribution is 2.20. The van der Waals surface area contributed by atoms with Crippen LogP contribution in [0.3, 0.4) is 0 Å². The molecule has 11 nitrogen and oxygen atoms in total. The number of carbonyl (C=O) groups excluding carboxylic acids is 2. The SMILES string of the molecule is COc1cccc(OCc2nnc(SCC(=O)NC(=O)NCc3ccco3)n2N)c1. The highest BCUT2D eigenvalue weighted by atomic mass is 32.2. The summed E-state index contributed by atoms with van der Waals surface area (Å²) < 4.78 is 17.1. The van der Waals surface area contributed by atoms with Crippen LogP contribution in [-0.2, 0) is 17.9 Å². The molecular weight excluding hydrogens is 412 g/mol. The standard InChI is InChI=1S/C18H20N6O5S/c1-27-12-4-2-5-13(8-12)29-10-15-22-23-18(24(15)19)30-11-16(25)21-17(26)20-9-14-6-3-7-28-14/h2-8H,9-11,19H2,1H3,(H2,20,21,25,26). The minimum absolute atomic E-state index is 0.0692. The van der Waals surface area contributed by atoms with Crippen molar-refractivity contribution in [3.05, 3.63) is 54.2 Å². The number of benzene rings is 1. The maximum absolute atomic E-state index is 11.9. The van der Waals surface area contributed by atoms with E-state index in [1.807, 2.05) is 0 Å². The Morgan fingerprint density at radius 3 is 2.83 bits per heavy atom. The van der Waals surface area contributed by atoms with Crippen molar-refractivity contribution in [1.29, 1.82) is 0 Å². The fraction of sp³-hybridized carbons (Fsp3) is 0.222. The number of thioether (sulfide) groups is 1. The number of ether oxygens (including phenoxy) is 2. The number of amides is 3. The molecule has 158 valence electrons. The number of nitrogens with zero attached hydrogens (tertiary/aromatic N) is 3.